The van der Waals surface area contributed by atoms with E-state index in [4.69, 9.17) is 0 Å². The van der Waals surface area contributed by atoms with E-state index in [-0.39, 0.29) is 0 Å². The summed E-state index contributed by atoms with van der Waals surface area (Å²) in [6, 6.07) is 0. The van der Waals surface area contributed by atoms with Crippen LogP contribution in [0.15, 0.2) is 23.2 Å². The molecule has 0 bridgehead atoms. The number of hydrogen-bond donors (Lipinski definition) is 0. The summed E-state index contributed by atoms with van der Waals surface area (Å²) in [5.74, 6) is -41.5. The summed E-state index contributed by atoms with van der Waals surface area (Å²) in [6.45, 7) is 0. The van der Waals surface area contributed by atoms with Crippen LogP contribution in [-0.4, -0.2) is 11.8 Å². The highest BCUT2D eigenvalue weighted by molar-refractivity contribution is 5.43. The summed E-state index contributed by atoms with van der Waals surface area (Å²) in [5.41, 5.74) is 0. The third-order valence-electron chi connectivity index (χ3n) is 2.91. The molecule has 1 aliphatic carbocycles. The summed E-state index contributed by atoms with van der Waals surface area (Å²) in [7, 11) is 0. The minimum Gasteiger partial charge on any atom is -0.445 e. The average Bonchev–Trinajstić information content (AvgIpc) is 2.55. The van der Waals surface area contributed by atoms with Gasteiger partial charge in [-0.1, -0.05) is 0 Å². The number of halogens is 12. The van der Waals surface area contributed by atoms with E-state index in [9.17, 15) is 52.7 Å². The Labute approximate surface area is 128 Å². The maximum absolute atomic E-state index is 13.4. The zero-order chi connectivity index (χ0) is 19.5. The molecule has 25 heavy (non-hydrogen) atoms. The summed E-state index contributed by atoms with van der Waals surface area (Å²) >= 11 is 0. The average molecular weight is 388 g/mol. The molecule has 0 radical (unpaired) electrons. The van der Waals surface area contributed by atoms with Crippen molar-refractivity contribution in [1.82, 2.24) is 0 Å². The first-order valence-corrected chi connectivity index (χ1v) is 5.68. The van der Waals surface area contributed by atoms with Crippen molar-refractivity contribution in [2.45, 2.75) is 11.8 Å². The molecular weight excluding hydrogens is 388 g/mol. The zero-order valence-corrected chi connectivity index (χ0v) is 10.9. The van der Waals surface area contributed by atoms with Crippen LogP contribution in [0, 0.1) is 29.1 Å². The van der Waals surface area contributed by atoms with Gasteiger partial charge in [0.1, 0.15) is 0 Å². The van der Waals surface area contributed by atoms with E-state index < -0.39 is 69.9 Å². The normalized spacial score (nSPS) is 19.5. The third kappa shape index (κ3) is 2.43. The minimum atomic E-state index is -6.06. The van der Waals surface area contributed by atoms with Gasteiger partial charge in [0.15, 0.2) is 0 Å². The standard InChI is InChI=1S/C12F12O/c13-1-2(14)4(16)7(5(17)3(1)15)25-8-6(18)9(19)11(21,22)12(23,24)10(8)20. The van der Waals surface area contributed by atoms with E-state index in [1.807, 2.05) is 0 Å². The maximum Gasteiger partial charge on any atom is 0.371 e. The van der Waals surface area contributed by atoms with Crippen molar-refractivity contribution in [2.24, 2.45) is 0 Å². The molecule has 13 heteroatoms. The van der Waals surface area contributed by atoms with Gasteiger partial charge >= 0.3 is 11.8 Å². The lowest BCUT2D eigenvalue weighted by Crippen LogP contribution is -2.45. The Morgan fingerprint density at radius 1 is 0.520 bits per heavy atom. The van der Waals surface area contributed by atoms with E-state index in [0.29, 0.717) is 0 Å². The molecule has 1 aromatic rings. The molecule has 0 heterocycles. The van der Waals surface area contributed by atoms with Crippen molar-refractivity contribution in [2.75, 3.05) is 0 Å². The van der Waals surface area contributed by atoms with Gasteiger partial charge in [-0.25, -0.2) is 22.0 Å². The van der Waals surface area contributed by atoms with Gasteiger partial charge in [0.25, 0.3) is 0 Å². The van der Waals surface area contributed by atoms with E-state index in [1.165, 1.54) is 0 Å². The van der Waals surface area contributed by atoms with Crippen LogP contribution in [-0.2, 0) is 0 Å². The Morgan fingerprint density at radius 3 is 1.32 bits per heavy atom. The Morgan fingerprint density at radius 2 is 0.880 bits per heavy atom. The van der Waals surface area contributed by atoms with Crippen LogP contribution in [0.25, 0.3) is 0 Å². The summed E-state index contributed by atoms with van der Waals surface area (Å²) in [4.78, 5) is 0. The van der Waals surface area contributed by atoms with Crippen LogP contribution in [0.4, 0.5) is 52.7 Å². The van der Waals surface area contributed by atoms with Gasteiger partial charge in [-0.05, 0) is 0 Å². The molecule has 2 rings (SSSR count). The monoisotopic (exact) mass is 388 g/mol. The van der Waals surface area contributed by atoms with Gasteiger partial charge in [-0.15, -0.1) is 0 Å². The number of allylic oxidation sites excluding steroid dienone is 3. The fourth-order valence-corrected chi connectivity index (χ4v) is 1.62. The molecule has 0 aliphatic heterocycles. The maximum atomic E-state index is 13.4. The molecule has 1 nitrogen and oxygen atoms in total. The van der Waals surface area contributed by atoms with E-state index >= 15 is 0 Å². The van der Waals surface area contributed by atoms with Gasteiger partial charge in [0.2, 0.25) is 58.1 Å². The predicted molar refractivity (Wildman–Crippen MR) is 54.1 cm³/mol. The molecule has 0 aromatic heterocycles. The van der Waals surface area contributed by atoms with E-state index in [1.54, 1.807) is 0 Å². The number of alkyl halides is 4. The van der Waals surface area contributed by atoms with Crippen molar-refractivity contribution in [3.8, 4) is 5.75 Å². The highest BCUT2D eigenvalue weighted by Crippen LogP contribution is 2.53. The van der Waals surface area contributed by atoms with Crippen LogP contribution in [0.3, 0.4) is 0 Å². The Kier molecular flexibility index (Phi) is 4.25. The molecule has 0 N–H and O–H groups in total. The van der Waals surface area contributed by atoms with Gasteiger partial charge in [0, 0.05) is 0 Å². The molecule has 0 unspecified atom stereocenters. The highest BCUT2D eigenvalue weighted by Gasteiger charge is 2.68. The number of benzene rings is 1. The lowest BCUT2D eigenvalue weighted by atomic mass is 10.0. The van der Waals surface area contributed by atoms with Crippen LogP contribution in [0.1, 0.15) is 0 Å². The lowest BCUT2D eigenvalue weighted by Gasteiger charge is -2.28. The molecule has 0 atom stereocenters. The fourth-order valence-electron chi connectivity index (χ4n) is 1.62. The van der Waals surface area contributed by atoms with E-state index in [2.05, 4.69) is 4.74 Å². The first kappa shape index (κ1) is 19.0. The zero-order valence-electron chi connectivity index (χ0n) is 10.9. The molecule has 1 aliphatic rings. The minimum absolute atomic E-state index is 2.51. The molecule has 0 spiro atoms. The van der Waals surface area contributed by atoms with Crippen molar-refractivity contribution in [1.29, 1.82) is 0 Å². The van der Waals surface area contributed by atoms with Crippen LogP contribution < -0.4 is 4.74 Å². The second kappa shape index (κ2) is 5.59. The SMILES string of the molecule is FC1=C(F)C(F)(F)C(F)(F)C(F)=C1Oc1c(F)c(F)c(F)c(F)c1F. The number of rotatable bonds is 2. The predicted octanol–water partition coefficient (Wildman–Crippen LogP) is 5.38. The summed E-state index contributed by atoms with van der Waals surface area (Å²) < 4.78 is 160. The second-order valence-corrected chi connectivity index (χ2v) is 4.42. The highest BCUT2D eigenvalue weighted by atomic mass is 19.3. The Hall–Kier alpha value is -2.34. The quantitative estimate of drug-likeness (QED) is 0.376. The van der Waals surface area contributed by atoms with E-state index in [0.717, 1.165) is 0 Å². The van der Waals surface area contributed by atoms with Gasteiger partial charge in [-0.3, -0.25) is 0 Å². The molecule has 0 amide bonds. The molecule has 138 valence electrons. The smallest absolute Gasteiger partial charge is 0.371 e. The molecule has 0 fully saturated rings. The van der Waals surface area contributed by atoms with Gasteiger partial charge in [-0.2, -0.15) is 30.7 Å². The molecule has 0 saturated heterocycles. The van der Waals surface area contributed by atoms with Gasteiger partial charge < -0.3 is 4.74 Å². The number of hydrogen-bond acceptors (Lipinski definition) is 1. The van der Waals surface area contributed by atoms with Crippen molar-refractivity contribution in [3.63, 3.8) is 0 Å². The fraction of sp³-hybridized carbons (Fsp3) is 0.167. The third-order valence-corrected chi connectivity index (χ3v) is 2.91. The molecular formula is C12F12O. The summed E-state index contributed by atoms with van der Waals surface area (Å²) in [6.07, 6.45) is 0. The first-order chi connectivity index (χ1) is 11.3. The molecule has 1 aromatic carbocycles. The van der Waals surface area contributed by atoms with Crippen LogP contribution >= 0.6 is 0 Å². The largest absolute Gasteiger partial charge is 0.445 e. The van der Waals surface area contributed by atoms with Gasteiger partial charge in [0.05, 0.1) is 0 Å². The Bertz CT molecular complexity index is 793. The first-order valence-electron chi connectivity index (χ1n) is 5.68. The van der Waals surface area contributed by atoms with Crippen LogP contribution in [0.2, 0.25) is 0 Å². The lowest BCUT2D eigenvalue weighted by molar-refractivity contribution is -0.187. The van der Waals surface area contributed by atoms with Crippen molar-refractivity contribution < 1.29 is 57.4 Å². The van der Waals surface area contributed by atoms with Crippen molar-refractivity contribution in [3.05, 3.63) is 52.3 Å². The summed E-state index contributed by atoms with van der Waals surface area (Å²) in [5, 5.41) is 0. The molecule has 0 saturated carbocycles. The number of ether oxygens (including phenoxy) is 1. The topological polar surface area (TPSA) is 9.23 Å². The van der Waals surface area contributed by atoms with Crippen LogP contribution in [0.5, 0.6) is 5.75 Å². The van der Waals surface area contributed by atoms with Crippen molar-refractivity contribution >= 4 is 0 Å². The Balaban J connectivity index is 2.70. The second-order valence-electron chi connectivity index (χ2n) is 4.42.